The maximum atomic E-state index is 12.7. The summed E-state index contributed by atoms with van der Waals surface area (Å²) in [6, 6.07) is 7.48. The van der Waals surface area contributed by atoms with Crippen molar-refractivity contribution < 1.29 is 14.4 Å². The molecule has 1 aromatic rings. The molecule has 1 aliphatic heterocycles. The van der Waals surface area contributed by atoms with Gasteiger partial charge in [0.2, 0.25) is 11.8 Å². The summed E-state index contributed by atoms with van der Waals surface area (Å²) < 4.78 is 0. The smallest absolute Gasteiger partial charge is 0.251 e. The molecule has 1 aliphatic carbocycles. The van der Waals surface area contributed by atoms with Gasteiger partial charge in [-0.05, 0) is 56.2 Å². The summed E-state index contributed by atoms with van der Waals surface area (Å²) in [7, 11) is 3.89. The number of anilines is 1. The highest BCUT2D eigenvalue weighted by atomic mass is 16.2. The molecule has 7 nitrogen and oxygen atoms in total. The average molecular weight is 401 g/mol. The van der Waals surface area contributed by atoms with E-state index in [9.17, 15) is 14.4 Å². The summed E-state index contributed by atoms with van der Waals surface area (Å²) in [5.41, 5.74) is 1.61. The van der Waals surface area contributed by atoms with E-state index in [1.54, 1.807) is 0 Å². The minimum atomic E-state index is -0.0993. The van der Waals surface area contributed by atoms with E-state index in [0.29, 0.717) is 30.9 Å². The monoisotopic (exact) mass is 400 g/mol. The predicted octanol–water partition coefficient (Wildman–Crippen LogP) is 1.83. The Kier molecular flexibility index (Phi) is 7.12. The summed E-state index contributed by atoms with van der Waals surface area (Å²) in [6.07, 6.45) is 5.40. The average Bonchev–Trinajstić information content (AvgIpc) is 3.14. The van der Waals surface area contributed by atoms with Crippen LogP contribution in [0.1, 0.15) is 55.3 Å². The Balaban J connectivity index is 1.48. The Morgan fingerprint density at radius 1 is 1.14 bits per heavy atom. The summed E-state index contributed by atoms with van der Waals surface area (Å²) in [6.45, 7) is 0.667. The molecule has 1 saturated heterocycles. The van der Waals surface area contributed by atoms with Crippen LogP contribution in [0.15, 0.2) is 24.3 Å². The molecule has 7 heteroatoms. The molecular weight excluding hydrogens is 368 g/mol. The van der Waals surface area contributed by atoms with E-state index in [2.05, 4.69) is 16.0 Å². The van der Waals surface area contributed by atoms with Crippen LogP contribution in [-0.4, -0.2) is 50.4 Å². The van der Waals surface area contributed by atoms with Gasteiger partial charge in [-0.2, -0.15) is 0 Å². The molecule has 0 radical (unpaired) electrons. The van der Waals surface area contributed by atoms with Crippen molar-refractivity contribution in [3.8, 4) is 0 Å². The lowest BCUT2D eigenvalue weighted by atomic mass is 9.94. The third kappa shape index (κ3) is 5.95. The number of carbonyl (C=O) groups excluding carboxylic acids is 3. The second-order valence-electron chi connectivity index (χ2n) is 8.38. The summed E-state index contributed by atoms with van der Waals surface area (Å²) in [4.78, 5) is 38.3. The molecule has 0 aromatic heterocycles. The number of carbonyl (C=O) groups is 3. The molecule has 3 atom stereocenters. The van der Waals surface area contributed by atoms with Crippen molar-refractivity contribution in [3.05, 3.63) is 29.8 Å². The second-order valence-corrected chi connectivity index (χ2v) is 8.38. The largest absolute Gasteiger partial charge is 0.378 e. The molecule has 1 saturated carbocycles. The zero-order valence-electron chi connectivity index (χ0n) is 17.4. The van der Waals surface area contributed by atoms with Crippen LogP contribution in [0.2, 0.25) is 0 Å². The van der Waals surface area contributed by atoms with Gasteiger partial charge in [-0.3, -0.25) is 14.4 Å². The van der Waals surface area contributed by atoms with Gasteiger partial charge in [0.1, 0.15) is 0 Å². The molecule has 3 amide bonds. The minimum Gasteiger partial charge on any atom is -0.378 e. The highest BCUT2D eigenvalue weighted by molar-refractivity contribution is 5.95. The summed E-state index contributed by atoms with van der Waals surface area (Å²) in [5, 5.41) is 9.08. The number of nitrogens with one attached hydrogen (secondary N) is 3. The van der Waals surface area contributed by atoms with Gasteiger partial charge in [-0.25, -0.2) is 0 Å². The zero-order valence-corrected chi connectivity index (χ0v) is 17.4. The van der Waals surface area contributed by atoms with Crippen molar-refractivity contribution in [1.82, 2.24) is 16.0 Å². The molecule has 1 heterocycles. The van der Waals surface area contributed by atoms with Gasteiger partial charge in [0, 0.05) is 56.8 Å². The Labute approximate surface area is 172 Å². The van der Waals surface area contributed by atoms with Crippen molar-refractivity contribution in [1.29, 1.82) is 0 Å². The number of piperidine rings is 1. The van der Waals surface area contributed by atoms with E-state index in [-0.39, 0.29) is 29.8 Å². The normalized spacial score (nSPS) is 23.9. The first kappa shape index (κ1) is 21.1. The number of benzene rings is 1. The minimum absolute atomic E-state index is 0.0189. The molecular formula is C22H32N4O3. The van der Waals surface area contributed by atoms with Crippen LogP contribution in [0.5, 0.6) is 0 Å². The van der Waals surface area contributed by atoms with Crippen molar-refractivity contribution in [2.75, 3.05) is 25.5 Å². The lowest BCUT2D eigenvalue weighted by Gasteiger charge is -2.24. The molecule has 0 spiro atoms. The van der Waals surface area contributed by atoms with Crippen LogP contribution < -0.4 is 20.9 Å². The van der Waals surface area contributed by atoms with Gasteiger partial charge in [0.15, 0.2) is 0 Å². The third-order valence-corrected chi connectivity index (χ3v) is 5.95. The van der Waals surface area contributed by atoms with Crippen molar-refractivity contribution in [2.45, 2.75) is 57.0 Å². The first-order chi connectivity index (χ1) is 13.9. The van der Waals surface area contributed by atoms with Crippen molar-refractivity contribution in [3.63, 3.8) is 0 Å². The van der Waals surface area contributed by atoms with E-state index in [4.69, 9.17) is 0 Å². The number of hydrogen-bond acceptors (Lipinski definition) is 4. The molecule has 3 N–H and O–H groups in total. The molecule has 2 aliphatic rings. The molecule has 2 fully saturated rings. The maximum Gasteiger partial charge on any atom is 0.251 e. The van der Waals surface area contributed by atoms with Crippen LogP contribution in [0.4, 0.5) is 5.69 Å². The van der Waals surface area contributed by atoms with Crippen LogP contribution >= 0.6 is 0 Å². The van der Waals surface area contributed by atoms with E-state index in [1.165, 1.54) is 0 Å². The Morgan fingerprint density at radius 3 is 2.59 bits per heavy atom. The maximum absolute atomic E-state index is 12.7. The molecule has 29 heavy (non-hydrogen) atoms. The number of amides is 3. The van der Waals surface area contributed by atoms with Crippen LogP contribution in [0, 0.1) is 5.92 Å². The summed E-state index contributed by atoms with van der Waals surface area (Å²) in [5.74, 6) is 0.410. The highest BCUT2D eigenvalue weighted by Crippen LogP contribution is 2.22. The first-order valence-electron chi connectivity index (χ1n) is 10.6. The Hall–Kier alpha value is -2.57. The van der Waals surface area contributed by atoms with Crippen molar-refractivity contribution in [2.24, 2.45) is 5.92 Å². The van der Waals surface area contributed by atoms with E-state index >= 15 is 0 Å². The standard InChI is InChI=1S/C22H32N4O3/c1-26(2)17-6-3-5-16(13-17)22(29)25-19-8-4-7-18(19)24-21(28)12-10-15-9-11-20(27)23-14-15/h3,5-6,13,15,18-19H,4,7-12,14H2,1-2H3,(H,23,27)(H,24,28)(H,25,29)/t15?,18-,19+/m0/s1. The molecule has 158 valence electrons. The van der Waals surface area contributed by atoms with Gasteiger partial charge in [-0.15, -0.1) is 0 Å². The fraction of sp³-hybridized carbons (Fsp3) is 0.591. The van der Waals surface area contributed by atoms with Crippen LogP contribution in [0.3, 0.4) is 0 Å². The van der Waals surface area contributed by atoms with Gasteiger partial charge >= 0.3 is 0 Å². The quantitative estimate of drug-likeness (QED) is 0.651. The molecule has 0 bridgehead atoms. The zero-order chi connectivity index (χ0) is 20.8. The number of hydrogen-bond donors (Lipinski definition) is 3. The van der Waals surface area contributed by atoms with E-state index < -0.39 is 0 Å². The van der Waals surface area contributed by atoms with Gasteiger partial charge < -0.3 is 20.9 Å². The van der Waals surface area contributed by atoms with Crippen LogP contribution in [-0.2, 0) is 9.59 Å². The topological polar surface area (TPSA) is 90.5 Å². The molecule has 1 aromatic carbocycles. The SMILES string of the molecule is CN(C)c1cccc(C(=O)N[C@@H]2CCC[C@@H]2NC(=O)CCC2CCC(=O)NC2)c1. The fourth-order valence-corrected chi connectivity index (χ4v) is 4.13. The lowest BCUT2D eigenvalue weighted by Crippen LogP contribution is -2.48. The number of nitrogens with zero attached hydrogens (tertiary/aromatic N) is 1. The fourth-order valence-electron chi connectivity index (χ4n) is 4.13. The van der Waals surface area contributed by atoms with E-state index in [0.717, 1.165) is 37.8 Å². The van der Waals surface area contributed by atoms with Crippen molar-refractivity contribution >= 4 is 23.4 Å². The van der Waals surface area contributed by atoms with Gasteiger partial charge in [-0.1, -0.05) is 6.07 Å². The lowest BCUT2D eigenvalue weighted by molar-refractivity contribution is -0.123. The first-order valence-corrected chi connectivity index (χ1v) is 10.6. The Morgan fingerprint density at radius 2 is 1.90 bits per heavy atom. The van der Waals surface area contributed by atoms with E-state index in [1.807, 2.05) is 43.3 Å². The van der Waals surface area contributed by atoms with Gasteiger partial charge in [0.05, 0.1) is 0 Å². The number of rotatable bonds is 7. The Bertz CT molecular complexity index is 739. The summed E-state index contributed by atoms with van der Waals surface area (Å²) >= 11 is 0. The predicted molar refractivity (Wildman–Crippen MR) is 113 cm³/mol. The second kappa shape index (κ2) is 9.76. The van der Waals surface area contributed by atoms with Crippen LogP contribution in [0.25, 0.3) is 0 Å². The molecule has 1 unspecified atom stereocenters. The molecule has 3 rings (SSSR count). The highest BCUT2D eigenvalue weighted by Gasteiger charge is 2.30. The third-order valence-electron chi connectivity index (χ3n) is 5.95. The van der Waals surface area contributed by atoms with Gasteiger partial charge in [0.25, 0.3) is 5.91 Å².